The zero-order valence-electron chi connectivity index (χ0n) is 39.7. The first-order valence-corrected chi connectivity index (χ1v) is 24.2. The van der Waals surface area contributed by atoms with E-state index in [1.807, 2.05) is 152 Å². The van der Waals surface area contributed by atoms with Crippen LogP contribution in [0.4, 0.5) is 0 Å². The van der Waals surface area contributed by atoms with E-state index >= 15 is 0 Å². The first kappa shape index (κ1) is 50.4. The van der Waals surface area contributed by atoms with Gasteiger partial charge in [0.25, 0.3) is 0 Å². The highest BCUT2D eigenvalue weighted by atomic mass is 16.8. The first-order chi connectivity index (χ1) is 35.4. The monoisotopic (exact) mass is 978 g/mol. The van der Waals surface area contributed by atoms with E-state index < -0.39 is 85.7 Å². The molecule has 0 spiro atoms. The van der Waals surface area contributed by atoms with E-state index in [-0.39, 0.29) is 58.2 Å². The SMILES string of the molecule is O=C1CCC(=O)O[C@@H]2[C@@H](OC(=O)c3ccccc3)[C@@H](OCc3ccccc3)O[C@H](COCc3ccccc3)[C@H]2O[C@H]2O[C@H](COCc3ccccc3)[C@@H](OCc3ccccc3)[C@H](O1)[C@@H]2OCc1ccccc1. The minimum atomic E-state index is -1.43. The second-order valence-electron chi connectivity index (χ2n) is 17.7. The number of carbonyl (C=O) groups excluding carboxylic acids is 3. The summed E-state index contributed by atoms with van der Waals surface area (Å²) in [6.07, 6.45) is -12.9. The van der Waals surface area contributed by atoms with Gasteiger partial charge in [0.15, 0.2) is 30.9 Å². The molecule has 3 saturated heterocycles. The fourth-order valence-corrected chi connectivity index (χ4v) is 8.77. The molecule has 3 fully saturated rings. The van der Waals surface area contributed by atoms with E-state index in [0.717, 1.165) is 27.8 Å². The molecule has 0 unspecified atom stereocenters. The molecule has 0 aromatic heterocycles. The van der Waals surface area contributed by atoms with Crippen LogP contribution in [0.25, 0.3) is 0 Å². The second kappa shape index (κ2) is 25.7. The molecule has 0 saturated carbocycles. The number of fused-ring (bicyclic) bond motifs is 3. The van der Waals surface area contributed by atoms with Crippen LogP contribution < -0.4 is 0 Å². The zero-order chi connectivity index (χ0) is 49.3. The third kappa shape index (κ3) is 13.9. The molecule has 72 heavy (non-hydrogen) atoms. The zero-order valence-corrected chi connectivity index (χ0v) is 39.7. The molecule has 2 bridgehead atoms. The van der Waals surface area contributed by atoms with Gasteiger partial charge in [0.1, 0.15) is 30.5 Å². The lowest BCUT2D eigenvalue weighted by molar-refractivity contribution is -0.369. The third-order valence-corrected chi connectivity index (χ3v) is 12.4. The standard InChI is InChI=1S/C58H58O14/c59-48-31-32-49(60)70-53-51(47(39-63-34-41-21-9-2-10-22-41)67-57(66-37-44-27-15-5-16-28-44)55(53)71-56(61)45-29-17-6-18-30-45)72-58-54(65-36-43-25-13-4-14-26-43)52(69-48)50(64-35-42-23-11-3-12-24-42)46(68-58)38-62-33-40-19-7-1-8-20-40/h1-30,46-47,50-55,57-58H,31-39H2/t46-,47-,50-,51-,52+,53+,54+,55-,57+,58-/m1/s1. The number of esters is 3. The first-order valence-electron chi connectivity index (χ1n) is 24.2. The van der Waals surface area contributed by atoms with Crippen LogP contribution in [0, 0.1) is 0 Å². The van der Waals surface area contributed by atoms with E-state index in [2.05, 4.69) is 0 Å². The number of ether oxygens (including phenoxy) is 11. The Morgan fingerprint density at radius 1 is 0.417 bits per heavy atom. The molecule has 0 radical (unpaired) electrons. The van der Waals surface area contributed by atoms with Crippen molar-refractivity contribution < 1.29 is 66.5 Å². The molecule has 14 nitrogen and oxygen atoms in total. The molecule has 374 valence electrons. The van der Waals surface area contributed by atoms with Crippen molar-refractivity contribution >= 4 is 17.9 Å². The van der Waals surface area contributed by atoms with E-state index in [1.165, 1.54) is 0 Å². The molecule has 6 aromatic rings. The summed E-state index contributed by atoms with van der Waals surface area (Å²) in [5.41, 5.74) is 4.56. The highest BCUT2D eigenvalue weighted by Crippen LogP contribution is 2.37. The molecule has 10 atom stereocenters. The van der Waals surface area contributed by atoms with Gasteiger partial charge in [-0.05, 0) is 39.9 Å². The van der Waals surface area contributed by atoms with Gasteiger partial charge in [0, 0.05) is 0 Å². The highest BCUT2D eigenvalue weighted by molar-refractivity contribution is 5.89. The van der Waals surface area contributed by atoms with Crippen LogP contribution in [0.3, 0.4) is 0 Å². The van der Waals surface area contributed by atoms with Gasteiger partial charge in [-0.2, -0.15) is 0 Å². The Morgan fingerprint density at radius 2 is 0.833 bits per heavy atom. The van der Waals surface area contributed by atoms with Gasteiger partial charge in [-0.25, -0.2) is 4.79 Å². The predicted octanol–water partition coefficient (Wildman–Crippen LogP) is 8.49. The van der Waals surface area contributed by atoms with E-state index in [4.69, 9.17) is 52.1 Å². The van der Waals surface area contributed by atoms with Gasteiger partial charge in [0.2, 0.25) is 0 Å². The molecule has 3 aliphatic rings. The van der Waals surface area contributed by atoms with Crippen molar-refractivity contribution in [2.45, 2.75) is 107 Å². The lowest BCUT2D eigenvalue weighted by Crippen LogP contribution is -2.67. The molecule has 0 amide bonds. The summed E-state index contributed by atoms with van der Waals surface area (Å²) < 4.78 is 72.7. The number of rotatable bonds is 19. The summed E-state index contributed by atoms with van der Waals surface area (Å²) in [5.74, 6) is -2.23. The average Bonchev–Trinajstić information content (AvgIpc) is 3.42. The summed E-state index contributed by atoms with van der Waals surface area (Å²) in [6.45, 7) is 0.526. The molecule has 3 heterocycles. The minimum Gasteiger partial charge on any atom is -0.456 e. The van der Waals surface area contributed by atoms with Gasteiger partial charge < -0.3 is 52.1 Å². The van der Waals surface area contributed by atoms with Crippen LogP contribution >= 0.6 is 0 Å². The fraction of sp³-hybridized carbons (Fsp3) is 0.328. The number of hydrogen-bond donors (Lipinski definition) is 0. The van der Waals surface area contributed by atoms with Crippen molar-refractivity contribution in [1.29, 1.82) is 0 Å². The minimum absolute atomic E-state index is 0.0242. The topological polar surface area (TPSA) is 153 Å². The summed E-state index contributed by atoms with van der Waals surface area (Å²) in [7, 11) is 0. The van der Waals surface area contributed by atoms with Crippen LogP contribution in [0.1, 0.15) is 51.0 Å². The Balaban J connectivity index is 1.12. The normalized spacial score (nSPS) is 25.4. The quantitative estimate of drug-likeness (QED) is 0.0563. The van der Waals surface area contributed by atoms with Crippen molar-refractivity contribution in [3.63, 3.8) is 0 Å². The summed E-state index contributed by atoms with van der Waals surface area (Å²) >= 11 is 0. The van der Waals surface area contributed by atoms with Crippen LogP contribution in [-0.4, -0.2) is 92.5 Å². The van der Waals surface area contributed by atoms with E-state index in [9.17, 15) is 14.4 Å². The van der Waals surface area contributed by atoms with Crippen LogP contribution in [0.5, 0.6) is 0 Å². The van der Waals surface area contributed by atoms with Crippen molar-refractivity contribution in [2.75, 3.05) is 13.2 Å². The van der Waals surface area contributed by atoms with E-state index in [1.54, 1.807) is 30.3 Å². The van der Waals surface area contributed by atoms with Crippen molar-refractivity contribution in [3.05, 3.63) is 215 Å². The van der Waals surface area contributed by atoms with E-state index in [0.29, 0.717) is 0 Å². The van der Waals surface area contributed by atoms with Gasteiger partial charge in [-0.15, -0.1) is 0 Å². The summed E-state index contributed by atoms with van der Waals surface area (Å²) in [5, 5.41) is 0. The smallest absolute Gasteiger partial charge is 0.338 e. The molecule has 6 aromatic carbocycles. The number of hydrogen-bond acceptors (Lipinski definition) is 14. The maximum absolute atomic E-state index is 14.1. The molecular formula is C58H58O14. The fourth-order valence-electron chi connectivity index (χ4n) is 8.77. The number of carbonyl (C=O) groups is 3. The molecule has 9 rings (SSSR count). The Bertz CT molecular complexity index is 2570. The van der Waals surface area contributed by atoms with Crippen LogP contribution in [-0.2, 0) is 94.7 Å². The molecule has 0 aliphatic carbocycles. The molecule has 14 heteroatoms. The largest absolute Gasteiger partial charge is 0.456 e. The summed E-state index contributed by atoms with van der Waals surface area (Å²) in [4.78, 5) is 42.4. The van der Waals surface area contributed by atoms with Crippen LogP contribution in [0.2, 0.25) is 0 Å². The molecular weight excluding hydrogens is 921 g/mol. The molecule has 0 N–H and O–H groups in total. The van der Waals surface area contributed by atoms with Crippen molar-refractivity contribution in [1.82, 2.24) is 0 Å². The van der Waals surface area contributed by atoms with Crippen molar-refractivity contribution in [3.8, 4) is 0 Å². The maximum Gasteiger partial charge on any atom is 0.338 e. The van der Waals surface area contributed by atoms with Gasteiger partial charge >= 0.3 is 17.9 Å². The maximum atomic E-state index is 14.1. The molecule has 3 aliphatic heterocycles. The highest BCUT2D eigenvalue weighted by Gasteiger charge is 2.57. The van der Waals surface area contributed by atoms with Gasteiger partial charge in [0.05, 0.1) is 64.7 Å². The third-order valence-electron chi connectivity index (χ3n) is 12.4. The Morgan fingerprint density at radius 3 is 1.33 bits per heavy atom. The average molecular weight is 979 g/mol. The predicted molar refractivity (Wildman–Crippen MR) is 260 cm³/mol. The van der Waals surface area contributed by atoms with Gasteiger partial charge in [-0.1, -0.05) is 170 Å². The number of benzene rings is 6. The van der Waals surface area contributed by atoms with Gasteiger partial charge in [-0.3, -0.25) is 9.59 Å². The lowest BCUT2D eigenvalue weighted by atomic mass is 9.95. The lowest BCUT2D eigenvalue weighted by Gasteiger charge is -2.49. The summed E-state index contributed by atoms with van der Waals surface area (Å²) in [6, 6.07) is 56.2. The Hall–Kier alpha value is -6.59. The van der Waals surface area contributed by atoms with Crippen LogP contribution in [0.15, 0.2) is 182 Å². The second-order valence-corrected chi connectivity index (χ2v) is 17.7. The Kier molecular flexibility index (Phi) is 18.0. The Labute approximate surface area is 418 Å². The van der Waals surface area contributed by atoms with Crippen molar-refractivity contribution in [2.24, 2.45) is 0 Å².